The Morgan fingerprint density at radius 2 is 1.74 bits per heavy atom. The summed E-state index contributed by atoms with van der Waals surface area (Å²) in [5, 5.41) is 2.84. The second-order valence-electron chi connectivity index (χ2n) is 9.36. The molecule has 0 bridgehead atoms. The summed E-state index contributed by atoms with van der Waals surface area (Å²) in [6, 6.07) is 0.319. The van der Waals surface area contributed by atoms with Gasteiger partial charge in [0, 0.05) is 44.6 Å². The number of likely N-dealkylation sites (tertiary alicyclic amines) is 1. The number of hydrogen-bond acceptors (Lipinski definition) is 4. The molecular formula is C24H40N4O3. The van der Waals surface area contributed by atoms with Gasteiger partial charge in [-0.05, 0) is 37.8 Å². The van der Waals surface area contributed by atoms with Gasteiger partial charge in [-0.3, -0.25) is 19.3 Å². The molecule has 1 aliphatic rings. The van der Waals surface area contributed by atoms with E-state index in [1.54, 1.807) is 17.3 Å². The number of rotatable bonds is 10. The summed E-state index contributed by atoms with van der Waals surface area (Å²) in [7, 11) is 0. The molecule has 1 saturated heterocycles. The fourth-order valence-electron chi connectivity index (χ4n) is 4.18. The molecule has 0 saturated carbocycles. The largest absolute Gasteiger partial charge is 0.352 e. The Kier molecular flexibility index (Phi) is 9.29. The Morgan fingerprint density at radius 3 is 2.32 bits per heavy atom. The summed E-state index contributed by atoms with van der Waals surface area (Å²) in [4.78, 5) is 43.3. The number of aromatic nitrogens is 1. The van der Waals surface area contributed by atoms with Crippen LogP contribution in [-0.4, -0.2) is 64.9 Å². The van der Waals surface area contributed by atoms with Gasteiger partial charge >= 0.3 is 0 Å². The molecule has 1 unspecified atom stereocenters. The average Bonchev–Trinajstić information content (AvgIpc) is 3.18. The van der Waals surface area contributed by atoms with E-state index in [9.17, 15) is 14.4 Å². The molecule has 7 heteroatoms. The fourth-order valence-corrected chi connectivity index (χ4v) is 4.18. The van der Waals surface area contributed by atoms with Crippen LogP contribution in [0.5, 0.6) is 0 Å². The standard InChI is InChI=1S/C24H40N4O3/c1-7-27(8-2)19-10-12-28(14-19)24(31)21-16-26(13-18(5)6)15-20(22(21)29)23(30)25-11-9-17(3)4/h15-19H,7-14H2,1-6H3,(H,25,30). The maximum Gasteiger partial charge on any atom is 0.259 e. The minimum atomic E-state index is -0.474. The van der Waals surface area contributed by atoms with E-state index in [2.05, 4.69) is 51.8 Å². The van der Waals surface area contributed by atoms with Crippen molar-refractivity contribution in [3.8, 4) is 0 Å². The first kappa shape index (κ1) is 25.1. The van der Waals surface area contributed by atoms with Crippen LogP contribution < -0.4 is 10.7 Å². The summed E-state index contributed by atoms with van der Waals surface area (Å²) in [5.41, 5.74) is -0.328. The minimum Gasteiger partial charge on any atom is -0.352 e. The van der Waals surface area contributed by atoms with Crippen molar-refractivity contribution in [2.24, 2.45) is 11.8 Å². The van der Waals surface area contributed by atoms with Crippen LogP contribution in [0, 0.1) is 11.8 Å². The zero-order valence-corrected chi connectivity index (χ0v) is 20.1. The average molecular weight is 433 g/mol. The van der Waals surface area contributed by atoms with Crippen LogP contribution in [0.15, 0.2) is 17.2 Å². The molecule has 1 aromatic rings. The third-order valence-corrected chi connectivity index (χ3v) is 5.92. The fraction of sp³-hybridized carbons (Fsp3) is 0.708. The smallest absolute Gasteiger partial charge is 0.259 e. The van der Waals surface area contributed by atoms with E-state index in [0.717, 1.165) is 25.9 Å². The molecule has 0 spiro atoms. The number of nitrogens with zero attached hydrogens (tertiary/aromatic N) is 3. The summed E-state index contributed by atoms with van der Waals surface area (Å²) in [5.74, 6) is 0.107. The Bertz CT molecular complexity index is 812. The number of likely N-dealkylation sites (N-methyl/N-ethyl adjacent to an activating group) is 1. The van der Waals surface area contributed by atoms with Crippen molar-refractivity contribution >= 4 is 11.8 Å². The third-order valence-electron chi connectivity index (χ3n) is 5.92. The zero-order valence-electron chi connectivity index (χ0n) is 20.1. The molecule has 2 heterocycles. The molecule has 1 aromatic heterocycles. The van der Waals surface area contributed by atoms with Crippen LogP contribution in [0.25, 0.3) is 0 Å². The van der Waals surface area contributed by atoms with Crippen LogP contribution in [0.3, 0.4) is 0 Å². The number of carbonyl (C=O) groups is 2. The molecule has 1 atom stereocenters. The maximum atomic E-state index is 13.3. The Balaban J connectivity index is 2.30. The topological polar surface area (TPSA) is 74.7 Å². The van der Waals surface area contributed by atoms with E-state index >= 15 is 0 Å². The molecule has 0 aromatic carbocycles. The summed E-state index contributed by atoms with van der Waals surface area (Å²) < 4.78 is 1.81. The molecule has 1 aliphatic heterocycles. The lowest BCUT2D eigenvalue weighted by atomic mass is 10.1. The minimum absolute atomic E-state index is 0.0507. The first-order valence-corrected chi connectivity index (χ1v) is 11.7. The summed E-state index contributed by atoms with van der Waals surface area (Å²) >= 11 is 0. The highest BCUT2D eigenvalue weighted by molar-refractivity contribution is 5.99. The van der Waals surface area contributed by atoms with Crippen molar-refractivity contribution in [2.45, 2.75) is 67.0 Å². The Hall–Kier alpha value is -2.15. The lowest BCUT2D eigenvalue weighted by Gasteiger charge is -2.26. The summed E-state index contributed by atoms with van der Waals surface area (Å²) in [6.45, 7) is 16.8. The van der Waals surface area contributed by atoms with Gasteiger partial charge in [-0.1, -0.05) is 41.5 Å². The maximum absolute atomic E-state index is 13.3. The lowest BCUT2D eigenvalue weighted by molar-refractivity contribution is 0.0775. The van der Waals surface area contributed by atoms with E-state index in [-0.39, 0.29) is 17.0 Å². The highest BCUT2D eigenvalue weighted by atomic mass is 16.2. The number of hydrogen-bond donors (Lipinski definition) is 1. The van der Waals surface area contributed by atoms with Crippen molar-refractivity contribution in [3.05, 3.63) is 33.7 Å². The quantitative estimate of drug-likeness (QED) is 0.617. The van der Waals surface area contributed by atoms with Gasteiger partial charge in [0.2, 0.25) is 5.43 Å². The van der Waals surface area contributed by atoms with E-state index in [0.29, 0.717) is 44.1 Å². The van der Waals surface area contributed by atoms with Crippen molar-refractivity contribution < 1.29 is 9.59 Å². The molecule has 2 amide bonds. The molecule has 174 valence electrons. The van der Waals surface area contributed by atoms with Gasteiger partial charge in [0.25, 0.3) is 11.8 Å². The first-order valence-electron chi connectivity index (χ1n) is 11.7. The van der Waals surface area contributed by atoms with Crippen molar-refractivity contribution in [2.75, 3.05) is 32.7 Å². The molecule has 2 rings (SSSR count). The highest BCUT2D eigenvalue weighted by Gasteiger charge is 2.31. The van der Waals surface area contributed by atoms with Gasteiger partial charge in [0.15, 0.2) is 0 Å². The van der Waals surface area contributed by atoms with Crippen molar-refractivity contribution in [1.82, 2.24) is 19.7 Å². The normalized spacial score (nSPS) is 16.5. The molecule has 31 heavy (non-hydrogen) atoms. The third kappa shape index (κ3) is 6.66. The van der Waals surface area contributed by atoms with E-state index in [1.807, 2.05) is 4.57 Å². The van der Waals surface area contributed by atoms with Crippen LogP contribution in [0.2, 0.25) is 0 Å². The lowest BCUT2D eigenvalue weighted by Crippen LogP contribution is -2.40. The van der Waals surface area contributed by atoms with Gasteiger partial charge < -0.3 is 14.8 Å². The van der Waals surface area contributed by atoms with E-state index in [4.69, 9.17) is 0 Å². The summed E-state index contributed by atoms with van der Waals surface area (Å²) in [6.07, 6.45) is 4.96. The second kappa shape index (κ2) is 11.5. The monoisotopic (exact) mass is 432 g/mol. The second-order valence-corrected chi connectivity index (χ2v) is 9.36. The van der Waals surface area contributed by atoms with Gasteiger partial charge in [0.1, 0.15) is 11.1 Å². The molecular weight excluding hydrogens is 392 g/mol. The molecule has 1 fully saturated rings. The van der Waals surface area contributed by atoms with E-state index in [1.165, 1.54) is 0 Å². The van der Waals surface area contributed by atoms with Gasteiger partial charge in [-0.2, -0.15) is 0 Å². The van der Waals surface area contributed by atoms with Crippen LogP contribution in [0.1, 0.15) is 75.1 Å². The van der Waals surface area contributed by atoms with E-state index < -0.39 is 11.3 Å². The van der Waals surface area contributed by atoms with Crippen LogP contribution in [0.4, 0.5) is 0 Å². The Morgan fingerprint density at radius 1 is 1.10 bits per heavy atom. The van der Waals surface area contributed by atoms with Crippen LogP contribution in [-0.2, 0) is 6.54 Å². The Labute approximate surface area is 186 Å². The predicted octanol–water partition coefficient (Wildman–Crippen LogP) is 2.84. The van der Waals surface area contributed by atoms with Crippen LogP contribution >= 0.6 is 0 Å². The predicted molar refractivity (Wildman–Crippen MR) is 125 cm³/mol. The SMILES string of the molecule is CCN(CC)C1CCN(C(=O)c2cn(CC(C)C)cc(C(=O)NCCC(C)C)c2=O)C1. The van der Waals surface area contributed by atoms with Crippen molar-refractivity contribution in [3.63, 3.8) is 0 Å². The molecule has 0 aliphatic carbocycles. The zero-order chi connectivity index (χ0) is 23.1. The number of amides is 2. The highest BCUT2D eigenvalue weighted by Crippen LogP contribution is 2.17. The number of nitrogens with one attached hydrogen (secondary N) is 1. The van der Waals surface area contributed by atoms with Gasteiger partial charge in [-0.15, -0.1) is 0 Å². The number of carbonyl (C=O) groups excluding carboxylic acids is 2. The molecule has 1 N–H and O–H groups in total. The molecule has 7 nitrogen and oxygen atoms in total. The van der Waals surface area contributed by atoms with Crippen molar-refractivity contribution in [1.29, 1.82) is 0 Å². The number of pyridine rings is 1. The first-order chi connectivity index (χ1) is 14.7. The molecule has 0 radical (unpaired) electrons. The van der Waals surface area contributed by atoms with Gasteiger partial charge in [-0.25, -0.2) is 0 Å². The van der Waals surface area contributed by atoms with Gasteiger partial charge in [0.05, 0.1) is 0 Å².